The first-order valence-corrected chi connectivity index (χ1v) is 7.60. The third-order valence-corrected chi connectivity index (χ3v) is 4.09. The summed E-state index contributed by atoms with van der Waals surface area (Å²) in [5.41, 5.74) is 4.39. The molecule has 0 amide bonds. The van der Waals surface area contributed by atoms with Gasteiger partial charge in [0, 0.05) is 0 Å². The Labute approximate surface area is 127 Å². The lowest BCUT2D eigenvalue weighted by atomic mass is 9.86. The monoisotopic (exact) mass is 274 g/mol. The van der Waals surface area contributed by atoms with Gasteiger partial charge in [0.05, 0.1) is 0 Å². The van der Waals surface area contributed by atoms with Crippen molar-refractivity contribution in [2.45, 2.75) is 32.6 Å². The van der Waals surface area contributed by atoms with Crippen LogP contribution in [0.3, 0.4) is 0 Å². The quantitative estimate of drug-likeness (QED) is 0.560. The van der Waals surface area contributed by atoms with Crippen molar-refractivity contribution in [1.82, 2.24) is 0 Å². The molecule has 0 nitrogen and oxygen atoms in total. The summed E-state index contributed by atoms with van der Waals surface area (Å²) in [5.74, 6) is 0. The fraction of sp³-hybridized carbons (Fsp3) is 0.238. The van der Waals surface area contributed by atoms with E-state index < -0.39 is 0 Å². The molecule has 0 aliphatic heterocycles. The zero-order valence-electron chi connectivity index (χ0n) is 13.1. The van der Waals surface area contributed by atoms with Gasteiger partial charge in [-0.15, -0.1) is 0 Å². The molecule has 3 aromatic carbocycles. The van der Waals surface area contributed by atoms with Gasteiger partial charge in [-0.2, -0.15) is 0 Å². The summed E-state index contributed by atoms with van der Waals surface area (Å²) in [7, 11) is 0. The molecule has 106 valence electrons. The van der Waals surface area contributed by atoms with Gasteiger partial charge < -0.3 is 0 Å². The highest BCUT2D eigenvalue weighted by molar-refractivity contribution is 5.85. The summed E-state index contributed by atoms with van der Waals surface area (Å²) in [5, 5.41) is 2.68. The summed E-state index contributed by atoms with van der Waals surface area (Å²) < 4.78 is 0. The van der Waals surface area contributed by atoms with Crippen molar-refractivity contribution >= 4 is 10.8 Å². The van der Waals surface area contributed by atoms with E-state index in [-0.39, 0.29) is 5.41 Å². The first-order chi connectivity index (χ1) is 10.0. The van der Waals surface area contributed by atoms with E-state index in [1.54, 1.807) is 0 Å². The van der Waals surface area contributed by atoms with Crippen LogP contribution in [-0.4, -0.2) is 0 Å². The molecule has 0 spiro atoms. The fourth-order valence-electron chi connectivity index (χ4n) is 2.79. The van der Waals surface area contributed by atoms with Crippen molar-refractivity contribution in [3.63, 3.8) is 0 Å². The summed E-state index contributed by atoms with van der Waals surface area (Å²) >= 11 is 0. The first kappa shape index (κ1) is 13.9. The van der Waals surface area contributed by atoms with Crippen LogP contribution in [0.4, 0.5) is 0 Å². The second kappa shape index (κ2) is 5.37. The van der Waals surface area contributed by atoms with Crippen LogP contribution in [-0.2, 0) is 11.8 Å². The summed E-state index contributed by atoms with van der Waals surface area (Å²) in [6.07, 6.45) is 0.992. The van der Waals surface area contributed by atoms with Crippen LogP contribution >= 0.6 is 0 Å². The molecular weight excluding hydrogens is 252 g/mol. The minimum Gasteiger partial charge on any atom is -0.0616 e. The summed E-state index contributed by atoms with van der Waals surface area (Å²) in [6, 6.07) is 24.3. The van der Waals surface area contributed by atoms with Gasteiger partial charge in [-0.05, 0) is 39.3 Å². The van der Waals surface area contributed by atoms with Crippen molar-refractivity contribution in [2.75, 3.05) is 0 Å². The lowest BCUT2D eigenvalue weighted by Crippen LogP contribution is -2.10. The van der Waals surface area contributed by atoms with E-state index in [9.17, 15) is 0 Å². The lowest BCUT2D eigenvalue weighted by molar-refractivity contribution is 0.590. The van der Waals surface area contributed by atoms with Gasteiger partial charge in [-0.3, -0.25) is 0 Å². The fourth-order valence-corrected chi connectivity index (χ4v) is 2.79. The molecular formula is C21H22. The van der Waals surface area contributed by atoms with Crippen LogP contribution in [0, 0.1) is 0 Å². The van der Waals surface area contributed by atoms with Crippen LogP contribution in [0.15, 0.2) is 66.7 Å². The Balaban J connectivity index is 1.92. The standard InChI is InChI=1S/C21H22/c1-21(2,3)19-13-11-16(12-14-19)15-18-9-6-8-17-7-4-5-10-20(17)18/h4-14H,15H2,1-3H3. The number of hydrogen-bond acceptors (Lipinski definition) is 0. The van der Waals surface area contributed by atoms with Gasteiger partial charge >= 0.3 is 0 Å². The van der Waals surface area contributed by atoms with Gasteiger partial charge in [0.1, 0.15) is 0 Å². The summed E-state index contributed by atoms with van der Waals surface area (Å²) in [6.45, 7) is 6.77. The Morgan fingerprint density at radius 2 is 1.38 bits per heavy atom. The number of hydrogen-bond donors (Lipinski definition) is 0. The molecule has 0 heterocycles. The SMILES string of the molecule is CC(C)(C)c1ccc(Cc2cccc3ccccc23)cc1. The minimum absolute atomic E-state index is 0.220. The Morgan fingerprint density at radius 1 is 0.714 bits per heavy atom. The van der Waals surface area contributed by atoms with Crippen LogP contribution in [0.1, 0.15) is 37.5 Å². The van der Waals surface area contributed by atoms with Crippen molar-refractivity contribution in [3.8, 4) is 0 Å². The van der Waals surface area contributed by atoms with Gasteiger partial charge in [-0.1, -0.05) is 87.5 Å². The molecule has 0 saturated carbocycles. The summed E-state index contributed by atoms with van der Waals surface area (Å²) in [4.78, 5) is 0. The normalized spacial score (nSPS) is 11.8. The topological polar surface area (TPSA) is 0 Å². The van der Waals surface area contributed by atoms with Crippen molar-refractivity contribution < 1.29 is 0 Å². The van der Waals surface area contributed by atoms with E-state index in [2.05, 4.69) is 87.5 Å². The minimum atomic E-state index is 0.220. The zero-order valence-corrected chi connectivity index (χ0v) is 13.1. The van der Waals surface area contributed by atoms with E-state index >= 15 is 0 Å². The van der Waals surface area contributed by atoms with E-state index in [1.807, 2.05) is 0 Å². The van der Waals surface area contributed by atoms with Crippen LogP contribution in [0.25, 0.3) is 10.8 Å². The van der Waals surface area contributed by atoms with Crippen molar-refractivity contribution in [3.05, 3.63) is 83.4 Å². The Morgan fingerprint density at radius 3 is 2.10 bits per heavy atom. The number of rotatable bonds is 2. The molecule has 0 N–H and O–H groups in total. The molecule has 3 rings (SSSR count). The van der Waals surface area contributed by atoms with Crippen LogP contribution in [0.5, 0.6) is 0 Å². The van der Waals surface area contributed by atoms with Crippen LogP contribution in [0.2, 0.25) is 0 Å². The molecule has 0 saturated heterocycles. The molecule has 0 aromatic heterocycles. The Kier molecular flexibility index (Phi) is 3.55. The van der Waals surface area contributed by atoms with E-state index in [0.29, 0.717) is 0 Å². The van der Waals surface area contributed by atoms with Crippen LogP contribution < -0.4 is 0 Å². The molecule has 21 heavy (non-hydrogen) atoms. The second-order valence-corrected chi connectivity index (χ2v) is 6.76. The molecule has 0 aliphatic rings. The highest BCUT2D eigenvalue weighted by Crippen LogP contribution is 2.24. The largest absolute Gasteiger partial charge is 0.0616 e. The van der Waals surface area contributed by atoms with Crippen molar-refractivity contribution in [2.24, 2.45) is 0 Å². The molecule has 3 aromatic rings. The lowest BCUT2D eigenvalue weighted by Gasteiger charge is -2.19. The van der Waals surface area contributed by atoms with E-state index in [0.717, 1.165) is 6.42 Å². The molecule has 0 bridgehead atoms. The second-order valence-electron chi connectivity index (χ2n) is 6.76. The molecule has 0 fully saturated rings. The van der Waals surface area contributed by atoms with Gasteiger partial charge in [0.15, 0.2) is 0 Å². The smallest absolute Gasteiger partial charge is 0.00196 e. The average Bonchev–Trinajstić information content (AvgIpc) is 2.47. The molecule has 0 atom stereocenters. The predicted molar refractivity (Wildman–Crippen MR) is 91.9 cm³/mol. The predicted octanol–water partition coefficient (Wildman–Crippen LogP) is 5.73. The highest BCUT2D eigenvalue weighted by Gasteiger charge is 2.12. The maximum atomic E-state index is 2.27. The maximum Gasteiger partial charge on any atom is -0.00196 e. The van der Waals surface area contributed by atoms with Gasteiger partial charge in [-0.25, -0.2) is 0 Å². The molecule has 0 heteroatoms. The highest BCUT2D eigenvalue weighted by atomic mass is 14.2. The van der Waals surface area contributed by atoms with E-state index in [4.69, 9.17) is 0 Å². The Hall–Kier alpha value is -2.08. The molecule has 0 radical (unpaired) electrons. The third kappa shape index (κ3) is 3.00. The zero-order chi connectivity index (χ0) is 14.9. The Bertz CT molecular complexity index is 738. The number of fused-ring (bicyclic) bond motifs is 1. The van der Waals surface area contributed by atoms with Crippen molar-refractivity contribution in [1.29, 1.82) is 0 Å². The molecule has 0 unspecified atom stereocenters. The number of benzene rings is 3. The van der Waals surface area contributed by atoms with Gasteiger partial charge in [0.2, 0.25) is 0 Å². The van der Waals surface area contributed by atoms with E-state index in [1.165, 1.54) is 27.5 Å². The van der Waals surface area contributed by atoms with Gasteiger partial charge in [0.25, 0.3) is 0 Å². The molecule has 0 aliphatic carbocycles. The maximum absolute atomic E-state index is 2.27. The third-order valence-electron chi connectivity index (χ3n) is 4.09. The average molecular weight is 274 g/mol. The first-order valence-electron chi connectivity index (χ1n) is 7.60.